The first kappa shape index (κ1) is 17.2. The van der Waals surface area contributed by atoms with Crippen LogP contribution in [0.3, 0.4) is 0 Å². The van der Waals surface area contributed by atoms with E-state index in [0.29, 0.717) is 6.54 Å². The van der Waals surface area contributed by atoms with Gasteiger partial charge in [0.15, 0.2) is 0 Å². The number of anilines is 1. The molecule has 0 spiro atoms. The van der Waals surface area contributed by atoms with E-state index in [1.54, 1.807) is 6.33 Å². The molecule has 6 heteroatoms. The molecule has 0 saturated carbocycles. The summed E-state index contributed by atoms with van der Waals surface area (Å²) in [5.74, 6) is 1.26. The number of para-hydroxylation sites is 1. The Morgan fingerprint density at radius 1 is 0.885 bits per heavy atom. The van der Waals surface area contributed by atoms with Gasteiger partial charge in [-0.3, -0.25) is 9.69 Å². The van der Waals surface area contributed by atoms with E-state index >= 15 is 0 Å². The van der Waals surface area contributed by atoms with E-state index in [2.05, 4.69) is 25.8 Å². The standard InChI is InChI=1S/C20H27N5O/c26-19(15-23-9-5-1-2-6-10-23)24-11-13-25(14-12-24)20-17-7-3-4-8-18(17)21-16-22-20/h3-4,7-8,16H,1-2,5-6,9-15H2. The number of hydrogen-bond acceptors (Lipinski definition) is 5. The van der Waals surface area contributed by atoms with Crippen molar-refractivity contribution in [2.24, 2.45) is 0 Å². The molecule has 3 heterocycles. The molecule has 26 heavy (non-hydrogen) atoms. The molecule has 138 valence electrons. The summed E-state index contributed by atoms with van der Waals surface area (Å²) in [5.41, 5.74) is 0.970. The number of piperazine rings is 1. The summed E-state index contributed by atoms with van der Waals surface area (Å²) in [6, 6.07) is 8.11. The van der Waals surface area contributed by atoms with E-state index < -0.39 is 0 Å². The fraction of sp³-hybridized carbons (Fsp3) is 0.550. The molecule has 1 aromatic carbocycles. The summed E-state index contributed by atoms with van der Waals surface area (Å²) in [5, 5.41) is 1.08. The maximum absolute atomic E-state index is 12.7. The second-order valence-electron chi connectivity index (χ2n) is 7.27. The third kappa shape index (κ3) is 3.80. The highest BCUT2D eigenvalue weighted by atomic mass is 16.2. The van der Waals surface area contributed by atoms with Gasteiger partial charge in [0.25, 0.3) is 0 Å². The number of nitrogens with zero attached hydrogens (tertiary/aromatic N) is 5. The van der Waals surface area contributed by atoms with Crippen molar-refractivity contribution in [3.8, 4) is 0 Å². The second kappa shape index (κ2) is 7.99. The van der Waals surface area contributed by atoms with Gasteiger partial charge in [-0.25, -0.2) is 9.97 Å². The molecule has 4 rings (SSSR count). The van der Waals surface area contributed by atoms with Crippen LogP contribution in [0.25, 0.3) is 10.9 Å². The molecule has 1 amide bonds. The second-order valence-corrected chi connectivity index (χ2v) is 7.27. The number of hydrogen-bond donors (Lipinski definition) is 0. The zero-order valence-electron chi connectivity index (χ0n) is 15.3. The summed E-state index contributed by atoms with van der Waals surface area (Å²) in [6.07, 6.45) is 6.69. The van der Waals surface area contributed by atoms with Gasteiger partial charge in [0.1, 0.15) is 12.1 Å². The predicted octanol–water partition coefficient (Wildman–Crippen LogP) is 2.15. The molecule has 6 nitrogen and oxygen atoms in total. The van der Waals surface area contributed by atoms with Crippen molar-refractivity contribution in [3.63, 3.8) is 0 Å². The number of carbonyl (C=O) groups excluding carboxylic acids is 1. The fourth-order valence-electron chi connectivity index (χ4n) is 4.00. The lowest BCUT2D eigenvalue weighted by atomic mass is 10.2. The van der Waals surface area contributed by atoms with Crippen molar-refractivity contribution in [1.29, 1.82) is 0 Å². The lowest BCUT2D eigenvalue weighted by Crippen LogP contribution is -2.51. The van der Waals surface area contributed by atoms with Crippen molar-refractivity contribution >= 4 is 22.6 Å². The molecule has 2 aliphatic rings. The maximum atomic E-state index is 12.7. The van der Waals surface area contributed by atoms with Crippen LogP contribution in [0.15, 0.2) is 30.6 Å². The van der Waals surface area contributed by atoms with Gasteiger partial charge in [0.2, 0.25) is 5.91 Å². The van der Waals surface area contributed by atoms with Gasteiger partial charge < -0.3 is 9.80 Å². The first-order chi connectivity index (χ1) is 12.8. The Hall–Kier alpha value is -2.21. The third-order valence-corrected chi connectivity index (χ3v) is 5.51. The summed E-state index contributed by atoms with van der Waals surface area (Å²) in [4.78, 5) is 28.2. The summed E-state index contributed by atoms with van der Waals surface area (Å²) in [6.45, 7) is 5.91. The smallest absolute Gasteiger partial charge is 0.236 e. The first-order valence-electron chi connectivity index (χ1n) is 9.76. The average molecular weight is 353 g/mol. The van der Waals surface area contributed by atoms with Gasteiger partial charge in [-0.1, -0.05) is 25.0 Å². The van der Waals surface area contributed by atoms with Crippen LogP contribution in [0.1, 0.15) is 25.7 Å². The lowest BCUT2D eigenvalue weighted by molar-refractivity contribution is -0.132. The molecule has 2 aromatic rings. The van der Waals surface area contributed by atoms with Crippen molar-refractivity contribution in [2.75, 3.05) is 50.7 Å². The van der Waals surface area contributed by atoms with Crippen LogP contribution in [0, 0.1) is 0 Å². The highest BCUT2D eigenvalue weighted by Gasteiger charge is 2.24. The quantitative estimate of drug-likeness (QED) is 0.846. The van der Waals surface area contributed by atoms with E-state index in [-0.39, 0.29) is 5.91 Å². The molecule has 0 radical (unpaired) electrons. The van der Waals surface area contributed by atoms with E-state index in [1.165, 1.54) is 25.7 Å². The van der Waals surface area contributed by atoms with Gasteiger partial charge in [-0.15, -0.1) is 0 Å². The van der Waals surface area contributed by atoms with Crippen LogP contribution in [0.5, 0.6) is 0 Å². The SMILES string of the molecule is O=C(CN1CCCCCC1)N1CCN(c2ncnc3ccccc23)CC1. The summed E-state index contributed by atoms with van der Waals surface area (Å²) in [7, 11) is 0. The normalized spacial score (nSPS) is 19.5. The van der Waals surface area contributed by atoms with Gasteiger partial charge in [0, 0.05) is 31.6 Å². The lowest BCUT2D eigenvalue weighted by Gasteiger charge is -2.36. The van der Waals surface area contributed by atoms with E-state index in [0.717, 1.165) is 56.0 Å². The van der Waals surface area contributed by atoms with Crippen LogP contribution in [-0.2, 0) is 4.79 Å². The zero-order chi connectivity index (χ0) is 17.8. The summed E-state index contributed by atoms with van der Waals surface area (Å²) < 4.78 is 0. The molecule has 0 N–H and O–H groups in total. The molecule has 1 aromatic heterocycles. The Balaban J connectivity index is 1.37. The Kier molecular flexibility index (Phi) is 5.29. The monoisotopic (exact) mass is 353 g/mol. The topological polar surface area (TPSA) is 52.6 Å². The molecule has 0 atom stereocenters. The summed E-state index contributed by atoms with van der Waals surface area (Å²) >= 11 is 0. The van der Waals surface area contributed by atoms with Crippen LogP contribution in [0.4, 0.5) is 5.82 Å². The minimum Gasteiger partial charge on any atom is -0.352 e. The van der Waals surface area contributed by atoms with E-state index in [1.807, 2.05) is 23.1 Å². The van der Waals surface area contributed by atoms with Crippen molar-refractivity contribution in [3.05, 3.63) is 30.6 Å². The van der Waals surface area contributed by atoms with Gasteiger partial charge in [-0.05, 0) is 38.1 Å². The highest BCUT2D eigenvalue weighted by molar-refractivity contribution is 5.89. The Bertz CT molecular complexity index is 743. The number of benzene rings is 1. The number of aromatic nitrogens is 2. The minimum absolute atomic E-state index is 0.277. The molecule has 2 aliphatic heterocycles. The molecule has 0 unspecified atom stereocenters. The third-order valence-electron chi connectivity index (χ3n) is 5.51. The number of rotatable bonds is 3. The Morgan fingerprint density at radius 2 is 1.62 bits per heavy atom. The van der Waals surface area contributed by atoms with Crippen molar-refractivity contribution in [1.82, 2.24) is 19.8 Å². The molecular weight excluding hydrogens is 326 g/mol. The van der Waals surface area contributed by atoms with E-state index in [9.17, 15) is 4.79 Å². The Morgan fingerprint density at radius 3 is 2.38 bits per heavy atom. The number of likely N-dealkylation sites (tertiary alicyclic amines) is 1. The number of amides is 1. The molecule has 2 fully saturated rings. The van der Waals surface area contributed by atoms with Crippen LogP contribution in [-0.4, -0.2) is 71.5 Å². The van der Waals surface area contributed by atoms with Crippen molar-refractivity contribution in [2.45, 2.75) is 25.7 Å². The van der Waals surface area contributed by atoms with Crippen molar-refractivity contribution < 1.29 is 4.79 Å². The van der Waals surface area contributed by atoms with Gasteiger partial charge >= 0.3 is 0 Å². The Labute approximate surface area is 154 Å². The zero-order valence-corrected chi connectivity index (χ0v) is 15.3. The first-order valence-corrected chi connectivity index (χ1v) is 9.76. The number of fused-ring (bicyclic) bond motifs is 1. The molecular formula is C20H27N5O. The molecule has 0 aliphatic carbocycles. The van der Waals surface area contributed by atoms with Crippen LogP contribution in [0.2, 0.25) is 0 Å². The van der Waals surface area contributed by atoms with E-state index in [4.69, 9.17) is 0 Å². The van der Waals surface area contributed by atoms with Crippen LogP contribution >= 0.6 is 0 Å². The van der Waals surface area contributed by atoms with Gasteiger partial charge in [0.05, 0.1) is 12.1 Å². The molecule has 0 bridgehead atoms. The number of carbonyl (C=O) groups is 1. The largest absolute Gasteiger partial charge is 0.352 e. The maximum Gasteiger partial charge on any atom is 0.236 e. The predicted molar refractivity (Wildman–Crippen MR) is 103 cm³/mol. The molecule has 2 saturated heterocycles. The average Bonchev–Trinajstić information content (AvgIpc) is 2.96. The highest BCUT2D eigenvalue weighted by Crippen LogP contribution is 2.23. The fourth-order valence-corrected chi connectivity index (χ4v) is 4.00. The van der Waals surface area contributed by atoms with Gasteiger partial charge in [-0.2, -0.15) is 0 Å². The minimum atomic E-state index is 0.277. The van der Waals surface area contributed by atoms with Crippen LogP contribution < -0.4 is 4.90 Å².